The van der Waals surface area contributed by atoms with E-state index in [4.69, 9.17) is 4.74 Å². The molecule has 15 heavy (non-hydrogen) atoms. The van der Waals surface area contributed by atoms with Gasteiger partial charge in [0.05, 0.1) is 12.3 Å². The molecule has 0 N–H and O–H groups in total. The van der Waals surface area contributed by atoms with Crippen molar-refractivity contribution >= 4 is 0 Å². The molecule has 0 aromatic carbocycles. The molecule has 1 rings (SSSR count). The highest BCUT2D eigenvalue weighted by Gasteiger charge is 2.02. The largest absolute Gasteiger partial charge is 0.375 e. The van der Waals surface area contributed by atoms with Crippen molar-refractivity contribution in [3.63, 3.8) is 0 Å². The van der Waals surface area contributed by atoms with Crippen LogP contribution in [0.3, 0.4) is 0 Å². The molecule has 0 aliphatic carbocycles. The number of rotatable bonds is 7. The van der Waals surface area contributed by atoms with E-state index >= 15 is 0 Å². The molecule has 1 heterocycles. The Morgan fingerprint density at radius 2 is 2.27 bits per heavy atom. The standard InChI is InChI=1S/C12H22N2O/c1-4-5-8-14-12(6-7-13-14)10-15-9-11(2)3/h6-7,11H,4-5,8-10H2,1-3H3. The van der Waals surface area contributed by atoms with E-state index in [9.17, 15) is 0 Å². The van der Waals surface area contributed by atoms with Crippen LogP contribution in [0, 0.1) is 5.92 Å². The summed E-state index contributed by atoms with van der Waals surface area (Å²) in [5, 5.41) is 4.29. The van der Waals surface area contributed by atoms with Crippen molar-refractivity contribution in [1.82, 2.24) is 9.78 Å². The number of aryl methyl sites for hydroxylation is 1. The van der Waals surface area contributed by atoms with Gasteiger partial charge < -0.3 is 4.74 Å². The van der Waals surface area contributed by atoms with E-state index in [0.717, 1.165) is 13.2 Å². The highest BCUT2D eigenvalue weighted by atomic mass is 16.5. The molecule has 0 fully saturated rings. The molecule has 0 saturated carbocycles. The summed E-state index contributed by atoms with van der Waals surface area (Å²) in [6.45, 7) is 9.02. The van der Waals surface area contributed by atoms with Crippen molar-refractivity contribution in [3.8, 4) is 0 Å². The third-order valence-electron chi connectivity index (χ3n) is 2.23. The molecule has 86 valence electrons. The van der Waals surface area contributed by atoms with Crippen LogP contribution in [0.5, 0.6) is 0 Å². The Labute approximate surface area is 92.4 Å². The first-order valence-corrected chi connectivity index (χ1v) is 5.82. The van der Waals surface area contributed by atoms with E-state index in [2.05, 4.69) is 25.9 Å². The molecule has 0 aliphatic heterocycles. The fraction of sp³-hybridized carbons (Fsp3) is 0.750. The van der Waals surface area contributed by atoms with Crippen LogP contribution in [0.15, 0.2) is 12.3 Å². The molecule has 0 aliphatic rings. The second-order valence-corrected chi connectivity index (χ2v) is 4.31. The maximum absolute atomic E-state index is 5.60. The Hall–Kier alpha value is -0.830. The number of ether oxygens (including phenoxy) is 1. The second-order valence-electron chi connectivity index (χ2n) is 4.31. The van der Waals surface area contributed by atoms with Crippen LogP contribution in [0.1, 0.15) is 39.3 Å². The minimum Gasteiger partial charge on any atom is -0.375 e. The first-order valence-electron chi connectivity index (χ1n) is 5.82. The number of aromatic nitrogens is 2. The van der Waals surface area contributed by atoms with Crippen LogP contribution in [-0.4, -0.2) is 16.4 Å². The minimum atomic E-state index is 0.594. The van der Waals surface area contributed by atoms with E-state index in [1.807, 2.05) is 16.9 Å². The van der Waals surface area contributed by atoms with Gasteiger partial charge >= 0.3 is 0 Å². The van der Waals surface area contributed by atoms with Crippen molar-refractivity contribution < 1.29 is 4.74 Å². The molecule has 3 nitrogen and oxygen atoms in total. The Bertz CT molecular complexity index is 268. The van der Waals surface area contributed by atoms with Crippen molar-refractivity contribution in [1.29, 1.82) is 0 Å². The zero-order chi connectivity index (χ0) is 11.1. The van der Waals surface area contributed by atoms with Crippen molar-refractivity contribution in [2.45, 2.75) is 46.8 Å². The summed E-state index contributed by atoms with van der Waals surface area (Å²) >= 11 is 0. The van der Waals surface area contributed by atoms with E-state index in [1.54, 1.807) is 0 Å². The number of unbranched alkanes of at least 4 members (excludes halogenated alkanes) is 1. The zero-order valence-corrected chi connectivity index (χ0v) is 10.1. The molecule has 3 heteroatoms. The molecule has 0 atom stereocenters. The fourth-order valence-corrected chi connectivity index (χ4v) is 1.39. The Kier molecular flexibility index (Phi) is 5.40. The minimum absolute atomic E-state index is 0.594. The van der Waals surface area contributed by atoms with Gasteiger partial charge in [0, 0.05) is 19.3 Å². The third kappa shape index (κ3) is 4.47. The van der Waals surface area contributed by atoms with Gasteiger partial charge in [-0.2, -0.15) is 5.10 Å². The topological polar surface area (TPSA) is 27.1 Å². The molecular weight excluding hydrogens is 188 g/mol. The van der Waals surface area contributed by atoms with Gasteiger partial charge in [0.15, 0.2) is 0 Å². The predicted molar refractivity (Wildman–Crippen MR) is 61.6 cm³/mol. The first kappa shape index (κ1) is 12.2. The quantitative estimate of drug-likeness (QED) is 0.692. The summed E-state index contributed by atoms with van der Waals surface area (Å²) in [5.41, 5.74) is 1.18. The first-order chi connectivity index (χ1) is 7.24. The molecule has 1 aromatic rings. The molecule has 0 saturated heterocycles. The van der Waals surface area contributed by atoms with Crippen LogP contribution in [0.2, 0.25) is 0 Å². The fourth-order valence-electron chi connectivity index (χ4n) is 1.39. The molecule has 0 unspecified atom stereocenters. The predicted octanol–water partition coefficient (Wildman–Crippen LogP) is 2.86. The van der Waals surface area contributed by atoms with E-state index in [1.165, 1.54) is 18.5 Å². The lowest BCUT2D eigenvalue weighted by Gasteiger charge is -2.09. The number of hydrogen-bond acceptors (Lipinski definition) is 2. The maximum Gasteiger partial charge on any atom is 0.0884 e. The van der Waals surface area contributed by atoms with Gasteiger partial charge in [-0.15, -0.1) is 0 Å². The van der Waals surface area contributed by atoms with Crippen molar-refractivity contribution in [2.24, 2.45) is 5.92 Å². The Balaban J connectivity index is 2.35. The zero-order valence-electron chi connectivity index (χ0n) is 10.1. The summed E-state index contributed by atoms with van der Waals surface area (Å²) in [6, 6.07) is 2.04. The average molecular weight is 210 g/mol. The van der Waals surface area contributed by atoms with Gasteiger partial charge in [0.25, 0.3) is 0 Å². The molecule has 1 aromatic heterocycles. The van der Waals surface area contributed by atoms with Crippen molar-refractivity contribution in [3.05, 3.63) is 18.0 Å². The van der Waals surface area contributed by atoms with Crippen LogP contribution < -0.4 is 0 Å². The summed E-state index contributed by atoms with van der Waals surface area (Å²) in [5.74, 6) is 0.594. The van der Waals surface area contributed by atoms with Gasteiger partial charge in [-0.25, -0.2) is 0 Å². The monoisotopic (exact) mass is 210 g/mol. The highest BCUT2D eigenvalue weighted by Crippen LogP contribution is 2.04. The lowest BCUT2D eigenvalue weighted by molar-refractivity contribution is 0.0918. The smallest absolute Gasteiger partial charge is 0.0884 e. The molecular formula is C12H22N2O. The third-order valence-corrected chi connectivity index (χ3v) is 2.23. The summed E-state index contributed by atoms with van der Waals surface area (Å²) < 4.78 is 7.64. The maximum atomic E-state index is 5.60. The SMILES string of the molecule is CCCCn1nccc1COCC(C)C. The molecule has 0 radical (unpaired) electrons. The lowest BCUT2D eigenvalue weighted by Crippen LogP contribution is -2.08. The van der Waals surface area contributed by atoms with Gasteiger partial charge in [-0.3, -0.25) is 4.68 Å². The Morgan fingerprint density at radius 1 is 1.47 bits per heavy atom. The summed E-state index contributed by atoms with van der Waals surface area (Å²) in [6.07, 6.45) is 4.23. The van der Waals surface area contributed by atoms with Crippen LogP contribution in [0.4, 0.5) is 0 Å². The van der Waals surface area contributed by atoms with E-state index in [-0.39, 0.29) is 0 Å². The molecule has 0 bridgehead atoms. The average Bonchev–Trinajstić information content (AvgIpc) is 2.62. The molecule has 0 spiro atoms. The normalized spacial score (nSPS) is 11.2. The van der Waals surface area contributed by atoms with Gasteiger partial charge in [-0.05, 0) is 18.4 Å². The highest BCUT2D eigenvalue weighted by molar-refractivity contribution is 4.98. The number of hydrogen-bond donors (Lipinski definition) is 0. The summed E-state index contributed by atoms with van der Waals surface area (Å²) in [4.78, 5) is 0. The Morgan fingerprint density at radius 3 is 2.93 bits per heavy atom. The molecule has 0 amide bonds. The second kappa shape index (κ2) is 6.62. The van der Waals surface area contributed by atoms with Gasteiger partial charge in [0.2, 0.25) is 0 Å². The van der Waals surface area contributed by atoms with E-state index in [0.29, 0.717) is 12.5 Å². The van der Waals surface area contributed by atoms with Gasteiger partial charge in [0.1, 0.15) is 0 Å². The summed E-state index contributed by atoms with van der Waals surface area (Å²) in [7, 11) is 0. The van der Waals surface area contributed by atoms with Gasteiger partial charge in [-0.1, -0.05) is 27.2 Å². The lowest BCUT2D eigenvalue weighted by atomic mass is 10.2. The van der Waals surface area contributed by atoms with Crippen LogP contribution >= 0.6 is 0 Å². The number of nitrogens with zero attached hydrogens (tertiary/aromatic N) is 2. The van der Waals surface area contributed by atoms with Crippen LogP contribution in [-0.2, 0) is 17.9 Å². The van der Waals surface area contributed by atoms with Crippen LogP contribution in [0.25, 0.3) is 0 Å². The van der Waals surface area contributed by atoms with Crippen molar-refractivity contribution in [2.75, 3.05) is 6.61 Å². The van der Waals surface area contributed by atoms with E-state index < -0.39 is 0 Å².